The van der Waals surface area contributed by atoms with Gasteiger partial charge in [-0.2, -0.15) is 0 Å². The van der Waals surface area contributed by atoms with Gasteiger partial charge in [0.2, 0.25) is 0 Å². The molecule has 0 spiro atoms. The molecule has 0 aliphatic carbocycles. The summed E-state index contributed by atoms with van der Waals surface area (Å²) in [5.74, 6) is -0.193. The van der Waals surface area contributed by atoms with Crippen LogP contribution in [0.15, 0.2) is 40.3 Å². The lowest BCUT2D eigenvalue weighted by atomic mass is 10.1. The number of para-hydroxylation sites is 1. The summed E-state index contributed by atoms with van der Waals surface area (Å²) in [5.41, 5.74) is 5.88. The highest BCUT2D eigenvalue weighted by molar-refractivity contribution is 5.99. The Balaban J connectivity index is 2.78. The molecular formula is C10H9N3O2. The molecule has 4 N–H and O–H groups in total. The van der Waals surface area contributed by atoms with E-state index in [1.807, 2.05) is 18.2 Å². The van der Waals surface area contributed by atoms with Gasteiger partial charge in [0.1, 0.15) is 0 Å². The molecule has 0 saturated carbocycles. The number of rotatable bonds is 1. The molecule has 5 heteroatoms. The van der Waals surface area contributed by atoms with Crippen LogP contribution in [-0.4, -0.2) is 16.0 Å². The van der Waals surface area contributed by atoms with Crippen molar-refractivity contribution < 1.29 is 5.21 Å². The van der Waals surface area contributed by atoms with Crippen molar-refractivity contribution in [1.82, 2.24) is 4.98 Å². The largest absolute Gasteiger partial charge is 0.409 e. The van der Waals surface area contributed by atoms with Gasteiger partial charge < -0.3 is 15.9 Å². The molecular weight excluding hydrogens is 194 g/mol. The van der Waals surface area contributed by atoms with Crippen molar-refractivity contribution in [3.8, 4) is 0 Å². The maximum Gasteiger partial charge on any atom is 0.259 e. The molecule has 0 bridgehead atoms. The summed E-state index contributed by atoms with van der Waals surface area (Å²) >= 11 is 0. The van der Waals surface area contributed by atoms with Crippen LogP contribution in [0.1, 0.15) is 5.56 Å². The number of oxime groups is 1. The number of fused-ring (bicyclic) bond motifs is 1. The standard InChI is InChI=1S/C10H9N3O2/c11-9(13-15)7-5-6-3-1-2-4-8(6)12-10(7)14/h1-5,15H,(H2,11,13)(H,12,14). The van der Waals surface area contributed by atoms with Crippen molar-refractivity contribution >= 4 is 16.7 Å². The topological polar surface area (TPSA) is 91.5 Å². The lowest BCUT2D eigenvalue weighted by molar-refractivity contribution is 0.318. The lowest BCUT2D eigenvalue weighted by Gasteiger charge is -2.00. The number of aromatic nitrogens is 1. The fourth-order valence-corrected chi connectivity index (χ4v) is 1.39. The Morgan fingerprint density at radius 2 is 2.13 bits per heavy atom. The van der Waals surface area contributed by atoms with Crippen LogP contribution in [0, 0.1) is 0 Å². The second-order valence-electron chi connectivity index (χ2n) is 3.08. The molecule has 0 aliphatic heterocycles. The molecule has 15 heavy (non-hydrogen) atoms. The SMILES string of the molecule is N/C(=N\O)c1cc2ccccc2[nH]c1=O. The van der Waals surface area contributed by atoms with Crippen molar-refractivity contribution in [2.45, 2.75) is 0 Å². The Morgan fingerprint density at radius 1 is 1.40 bits per heavy atom. The van der Waals surface area contributed by atoms with Crippen molar-refractivity contribution in [3.05, 3.63) is 46.2 Å². The fourth-order valence-electron chi connectivity index (χ4n) is 1.39. The van der Waals surface area contributed by atoms with Crippen LogP contribution >= 0.6 is 0 Å². The number of H-pyrrole nitrogens is 1. The molecule has 0 saturated heterocycles. The number of amidine groups is 1. The number of nitrogens with zero attached hydrogens (tertiary/aromatic N) is 1. The van der Waals surface area contributed by atoms with E-state index in [1.165, 1.54) is 0 Å². The maximum absolute atomic E-state index is 11.5. The van der Waals surface area contributed by atoms with Crippen LogP contribution in [0.3, 0.4) is 0 Å². The second-order valence-corrected chi connectivity index (χ2v) is 3.08. The van der Waals surface area contributed by atoms with E-state index in [0.29, 0.717) is 0 Å². The molecule has 1 aromatic heterocycles. The van der Waals surface area contributed by atoms with E-state index in [9.17, 15) is 4.79 Å². The first-order chi connectivity index (χ1) is 7.22. The number of benzene rings is 1. The Labute approximate surface area is 84.8 Å². The molecule has 0 fully saturated rings. The zero-order valence-corrected chi connectivity index (χ0v) is 7.77. The van der Waals surface area contributed by atoms with Gasteiger partial charge in [-0.05, 0) is 17.5 Å². The molecule has 2 aromatic rings. The summed E-state index contributed by atoms with van der Waals surface area (Å²) in [6.07, 6.45) is 0. The summed E-state index contributed by atoms with van der Waals surface area (Å²) in [5, 5.41) is 12.1. The third kappa shape index (κ3) is 1.54. The van der Waals surface area contributed by atoms with Gasteiger partial charge in [0, 0.05) is 5.52 Å². The van der Waals surface area contributed by atoms with E-state index in [0.717, 1.165) is 10.9 Å². The highest BCUT2D eigenvalue weighted by Gasteiger charge is 2.06. The predicted molar refractivity (Wildman–Crippen MR) is 57.1 cm³/mol. The fraction of sp³-hybridized carbons (Fsp3) is 0. The minimum absolute atomic E-state index is 0.163. The van der Waals surface area contributed by atoms with E-state index in [4.69, 9.17) is 10.9 Å². The second kappa shape index (κ2) is 3.45. The van der Waals surface area contributed by atoms with Crippen molar-refractivity contribution in [2.75, 3.05) is 0 Å². The number of aromatic amines is 1. The molecule has 0 aliphatic rings. The van der Waals surface area contributed by atoms with E-state index >= 15 is 0 Å². The van der Waals surface area contributed by atoms with Crippen molar-refractivity contribution in [2.24, 2.45) is 10.9 Å². The Hall–Kier alpha value is -2.30. The molecule has 0 unspecified atom stereocenters. The molecule has 1 heterocycles. The lowest BCUT2D eigenvalue weighted by Crippen LogP contribution is -2.24. The van der Waals surface area contributed by atoms with Crippen molar-refractivity contribution in [1.29, 1.82) is 0 Å². The summed E-state index contributed by atoms with van der Waals surface area (Å²) in [6.45, 7) is 0. The van der Waals surface area contributed by atoms with E-state index in [1.54, 1.807) is 12.1 Å². The molecule has 76 valence electrons. The van der Waals surface area contributed by atoms with Gasteiger partial charge in [0.15, 0.2) is 5.84 Å². The minimum Gasteiger partial charge on any atom is -0.409 e. The quantitative estimate of drug-likeness (QED) is 0.274. The number of hydrogen-bond acceptors (Lipinski definition) is 3. The van der Waals surface area contributed by atoms with Crippen LogP contribution in [0.5, 0.6) is 0 Å². The van der Waals surface area contributed by atoms with Gasteiger partial charge >= 0.3 is 0 Å². The third-order valence-corrected chi connectivity index (χ3v) is 2.14. The minimum atomic E-state index is -0.371. The maximum atomic E-state index is 11.5. The average molecular weight is 203 g/mol. The Kier molecular flexibility index (Phi) is 2.13. The predicted octanol–water partition coefficient (Wildman–Crippen LogP) is 0.623. The summed E-state index contributed by atoms with van der Waals surface area (Å²) in [6, 6.07) is 8.87. The zero-order chi connectivity index (χ0) is 10.8. The molecule has 2 rings (SSSR count). The molecule has 5 nitrogen and oxygen atoms in total. The number of pyridine rings is 1. The first-order valence-corrected chi connectivity index (χ1v) is 4.32. The summed E-state index contributed by atoms with van der Waals surface area (Å²) < 4.78 is 0. The molecule has 0 radical (unpaired) electrons. The van der Waals surface area contributed by atoms with E-state index in [-0.39, 0.29) is 17.0 Å². The zero-order valence-electron chi connectivity index (χ0n) is 7.77. The van der Waals surface area contributed by atoms with Crippen LogP contribution in [0.2, 0.25) is 0 Å². The first kappa shape index (κ1) is 9.26. The van der Waals surface area contributed by atoms with E-state index < -0.39 is 0 Å². The van der Waals surface area contributed by atoms with Crippen LogP contribution in [0.4, 0.5) is 0 Å². The van der Waals surface area contributed by atoms with Gasteiger partial charge in [0.25, 0.3) is 5.56 Å². The van der Waals surface area contributed by atoms with Gasteiger partial charge in [-0.3, -0.25) is 4.79 Å². The van der Waals surface area contributed by atoms with Crippen LogP contribution in [-0.2, 0) is 0 Å². The number of hydrogen-bond donors (Lipinski definition) is 3. The highest BCUT2D eigenvalue weighted by Crippen LogP contribution is 2.09. The summed E-state index contributed by atoms with van der Waals surface area (Å²) in [4.78, 5) is 14.2. The van der Waals surface area contributed by atoms with Crippen LogP contribution in [0.25, 0.3) is 10.9 Å². The Bertz CT molecular complexity index is 586. The Morgan fingerprint density at radius 3 is 2.87 bits per heavy atom. The smallest absolute Gasteiger partial charge is 0.259 e. The third-order valence-electron chi connectivity index (χ3n) is 2.14. The molecule has 0 amide bonds. The van der Waals surface area contributed by atoms with Gasteiger partial charge in [-0.1, -0.05) is 23.4 Å². The normalized spacial score (nSPS) is 11.9. The van der Waals surface area contributed by atoms with E-state index in [2.05, 4.69) is 10.1 Å². The number of nitrogens with two attached hydrogens (primary N) is 1. The van der Waals surface area contributed by atoms with Crippen LogP contribution < -0.4 is 11.3 Å². The van der Waals surface area contributed by atoms with Gasteiger partial charge in [-0.15, -0.1) is 0 Å². The number of nitrogens with one attached hydrogen (secondary N) is 1. The highest BCUT2D eigenvalue weighted by atomic mass is 16.4. The van der Waals surface area contributed by atoms with Crippen molar-refractivity contribution in [3.63, 3.8) is 0 Å². The molecule has 0 atom stereocenters. The van der Waals surface area contributed by atoms with Gasteiger partial charge in [-0.25, -0.2) is 0 Å². The molecule has 1 aromatic carbocycles. The van der Waals surface area contributed by atoms with Gasteiger partial charge in [0.05, 0.1) is 5.56 Å². The summed E-state index contributed by atoms with van der Waals surface area (Å²) in [7, 11) is 0. The first-order valence-electron chi connectivity index (χ1n) is 4.32. The monoisotopic (exact) mass is 203 g/mol. The average Bonchev–Trinajstić information content (AvgIpc) is 2.27.